The van der Waals surface area contributed by atoms with Gasteiger partial charge in [-0.25, -0.2) is 0 Å². The summed E-state index contributed by atoms with van der Waals surface area (Å²) >= 11 is 0. The molecule has 0 aromatic heterocycles. The zero-order valence-corrected chi connectivity index (χ0v) is 28.9. The average Bonchev–Trinajstić information content (AvgIpc) is 3.04. The van der Waals surface area contributed by atoms with Gasteiger partial charge in [-0.05, 0) is 12.8 Å². The summed E-state index contributed by atoms with van der Waals surface area (Å²) in [6.07, 6.45) is 19.7. The van der Waals surface area contributed by atoms with Gasteiger partial charge in [0, 0.05) is 6.42 Å². The van der Waals surface area contributed by atoms with Crippen molar-refractivity contribution in [3.05, 3.63) is 0 Å². The summed E-state index contributed by atoms with van der Waals surface area (Å²) in [6.45, 7) is 3.78. The molecule has 6 N–H and O–H groups in total. The zero-order valence-electron chi connectivity index (χ0n) is 28.9. The first-order chi connectivity index (χ1) is 21.8. The topological polar surface area (TPSA) is 149 Å². The summed E-state index contributed by atoms with van der Waals surface area (Å²) < 4.78 is 11.2. The molecule has 1 aliphatic heterocycles. The highest BCUT2D eigenvalue weighted by Gasteiger charge is 2.44. The van der Waals surface area contributed by atoms with E-state index >= 15 is 0 Å². The number of hydrogen-bond donors (Lipinski definition) is 6. The van der Waals surface area contributed by atoms with E-state index in [2.05, 4.69) is 19.2 Å². The highest BCUT2D eigenvalue weighted by molar-refractivity contribution is 5.76. The van der Waals surface area contributed by atoms with Crippen molar-refractivity contribution >= 4 is 5.91 Å². The van der Waals surface area contributed by atoms with E-state index in [1.54, 1.807) is 0 Å². The molecule has 1 saturated heterocycles. The van der Waals surface area contributed by atoms with Crippen molar-refractivity contribution in [2.75, 3.05) is 13.2 Å². The molecule has 1 rings (SSSR count). The molecule has 0 radical (unpaired) electrons. The number of aliphatic hydroxyl groups excluding tert-OH is 5. The van der Waals surface area contributed by atoms with Crippen LogP contribution >= 0.6 is 0 Å². The van der Waals surface area contributed by atoms with Crippen molar-refractivity contribution in [3.63, 3.8) is 0 Å². The van der Waals surface area contributed by atoms with Crippen LogP contribution in [0.15, 0.2) is 0 Å². The minimum atomic E-state index is -1.55. The van der Waals surface area contributed by atoms with Crippen molar-refractivity contribution in [1.82, 2.24) is 5.32 Å². The number of nitrogens with one attached hydrogen (secondary N) is 1. The molecule has 7 atom stereocenters. The Morgan fingerprint density at radius 1 is 0.667 bits per heavy atom. The molecule has 1 amide bonds. The minimum absolute atomic E-state index is 0.133. The lowest BCUT2D eigenvalue weighted by molar-refractivity contribution is -0.302. The van der Waals surface area contributed by atoms with Crippen molar-refractivity contribution < 1.29 is 39.8 Å². The second kappa shape index (κ2) is 28.2. The highest BCUT2D eigenvalue weighted by atomic mass is 16.7. The summed E-state index contributed by atoms with van der Waals surface area (Å²) in [5, 5.41) is 53.9. The van der Waals surface area contributed by atoms with Crippen molar-refractivity contribution in [1.29, 1.82) is 0 Å². The fourth-order valence-electron chi connectivity index (χ4n) is 6.10. The Hall–Kier alpha value is -0.810. The number of unbranched alkanes of at least 4 members (excludes halogenated alkanes) is 20. The van der Waals surface area contributed by atoms with Gasteiger partial charge in [-0.15, -0.1) is 0 Å². The Balaban J connectivity index is 2.42. The molecule has 9 heteroatoms. The van der Waals surface area contributed by atoms with Gasteiger partial charge in [0.05, 0.1) is 25.4 Å². The van der Waals surface area contributed by atoms with Gasteiger partial charge >= 0.3 is 0 Å². The minimum Gasteiger partial charge on any atom is -0.394 e. The van der Waals surface area contributed by atoms with Crippen LogP contribution in [-0.2, 0) is 14.3 Å². The molecular formula is C36H71NO8. The third-order valence-electron chi connectivity index (χ3n) is 9.21. The van der Waals surface area contributed by atoms with Crippen LogP contribution < -0.4 is 5.32 Å². The first-order valence-corrected chi connectivity index (χ1v) is 18.7. The van der Waals surface area contributed by atoms with E-state index < -0.39 is 49.5 Å². The molecule has 9 nitrogen and oxygen atoms in total. The standard InChI is InChI=1S/C36H71NO8/c1-3-5-7-9-11-13-14-15-16-18-20-22-24-26-32(40)37-29(30(39)25-23-21-19-17-12-10-8-6-4-2)28-44-36-35(43)34(42)33(41)31(27-38)45-36/h29-31,33-36,38-39,41-43H,3-28H2,1-2H3,(H,37,40). The van der Waals surface area contributed by atoms with Crippen LogP contribution in [0.1, 0.15) is 168 Å². The number of hydrogen-bond acceptors (Lipinski definition) is 8. The average molecular weight is 646 g/mol. The van der Waals surface area contributed by atoms with Gasteiger partial charge in [-0.2, -0.15) is 0 Å². The quantitative estimate of drug-likeness (QED) is 0.0517. The number of ether oxygens (including phenoxy) is 2. The maximum absolute atomic E-state index is 12.8. The molecule has 7 unspecified atom stereocenters. The lowest BCUT2D eigenvalue weighted by atomic mass is 9.99. The third kappa shape index (κ3) is 20.2. The predicted molar refractivity (Wildman–Crippen MR) is 180 cm³/mol. The smallest absolute Gasteiger partial charge is 0.220 e. The lowest BCUT2D eigenvalue weighted by Gasteiger charge is -2.40. The van der Waals surface area contributed by atoms with Crippen LogP contribution in [0.5, 0.6) is 0 Å². The van der Waals surface area contributed by atoms with Crippen LogP contribution in [0, 0.1) is 0 Å². The van der Waals surface area contributed by atoms with E-state index in [9.17, 15) is 30.3 Å². The second-order valence-electron chi connectivity index (χ2n) is 13.4. The Bertz CT molecular complexity index is 681. The Kier molecular flexibility index (Phi) is 26.5. The van der Waals surface area contributed by atoms with E-state index in [4.69, 9.17) is 9.47 Å². The fraction of sp³-hybridized carbons (Fsp3) is 0.972. The first-order valence-electron chi connectivity index (χ1n) is 18.7. The Morgan fingerprint density at radius 2 is 1.11 bits per heavy atom. The molecule has 0 aliphatic carbocycles. The summed E-state index contributed by atoms with van der Waals surface area (Å²) in [6, 6.07) is -0.708. The number of rotatable bonds is 30. The van der Waals surface area contributed by atoms with Crippen molar-refractivity contribution in [2.24, 2.45) is 0 Å². The van der Waals surface area contributed by atoms with Gasteiger partial charge in [-0.1, -0.05) is 149 Å². The Morgan fingerprint density at radius 3 is 1.58 bits per heavy atom. The fourth-order valence-corrected chi connectivity index (χ4v) is 6.10. The number of carbonyl (C=O) groups is 1. The molecule has 1 heterocycles. The SMILES string of the molecule is CCCCCCCCCCCCCCCC(=O)NC(COC1OC(CO)C(O)C(O)C1O)C(O)CCCCCCCCCCC. The summed E-state index contributed by atoms with van der Waals surface area (Å²) in [4.78, 5) is 12.8. The molecule has 1 fully saturated rings. The molecule has 0 saturated carbocycles. The normalized spacial score (nSPS) is 23.2. The summed E-state index contributed by atoms with van der Waals surface area (Å²) in [5.41, 5.74) is 0. The van der Waals surface area contributed by atoms with Crippen LogP contribution in [0.25, 0.3) is 0 Å². The maximum atomic E-state index is 12.8. The first kappa shape index (κ1) is 42.2. The Labute approximate surface area is 274 Å². The lowest BCUT2D eigenvalue weighted by Crippen LogP contribution is -2.60. The van der Waals surface area contributed by atoms with E-state index in [0.717, 1.165) is 38.5 Å². The molecule has 0 spiro atoms. The molecule has 0 bridgehead atoms. The third-order valence-corrected chi connectivity index (χ3v) is 9.21. The summed E-state index contributed by atoms with van der Waals surface area (Å²) in [7, 11) is 0. The molecule has 268 valence electrons. The van der Waals surface area contributed by atoms with E-state index in [1.165, 1.54) is 103 Å². The molecule has 0 aromatic rings. The van der Waals surface area contributed by atoms with Crippen LogP contribution in [0.2, 0.25) is 0 Å². The maximum Gasteiger partial charge on any atom is 0.220 e. The highest BCUT2D eigenvalue weighted by Crippen LogP contribution is 2.23. The molecular weight excluding hydrogens is 574 g/mol. The largest absolute Gasteiger partial charge is 0.394 e. The number of amides is 1. The van der Waals surface area contributed by atoms with E-state index in [0.29, 0.717) is 12.8 Å². The number of aliphatic hydroxyl groups is 5. The monoisotopic (exact) mass is 646 g/mol. The molecule has 0 aromatic carbocycles. The van der Waals surface area contributed by atoms with Gasteiger partial charge in [0.2, 0.25) is 5.91 Å². The number of carbonyl (C=O) groups excluding carboxylic acids is 1. The van der Waals surface area contributed by atoms with Gasteiger partial charge in [0.1, 0.15) is 24.4 Å². The molecule has 1 aliphatic rings. The van der Waals surface area contributed by atoms with Crippen molar-refractivity contribution in [2.45, 2.75) is 211 Å². The van der Waals surface area contributed by atoms with Crippen molar-refractivity contribution in [3.8, 4) is 0 Å². The van der Waals surface area contributed by atoms with Crippen LogP contribution in [-0.4, -0.2) is 87.5 Å². The van der Waals surface area contributed by atoms with Gasteiger partial charge in [0.15, 0.2) is 6.29 Å². The van der Waals surface area contributed by atoms with Gasteiger partial charge in [-0.3, -0.25) is 4.79 Å². The zero-order chi connectivity index (χ0) is 33.1. The van der Waals surface area contributed by atoms with E-state index in [1.807, 2.05) is 0 Å². The van der Waals surface area contributed by atoms with E-state index in [-0.39, 0.29) is 12.5 Å². The predicted octanol–water partition coefficient (Wildman–Crippen LogP) is 6.05. The second-order valence-corrected chi connectivity index (χ2v) is 13.4. The summed E-state index contributed by atoms with van der Waals surface area (Å²) in [5.74, 6) is -0.147. The van der Waals surface area contributed by atoms with Gasteiger partial charge in [0.25, 0.3) is 0 Å². The van der Waals surface area contributed by atoms with Crippen LogP contribution in [0.4, 0.5) is 0 Å². The molecule has 45 heavy (non-hydrogen) atoms. The van der Waals surface area contributed by atoms with Crippen LogP contribution in [0.3, 0.4) is 0 Å². The van der Waals surface area contributed by atoms with Gasteiger partial charge < -0.3 is 40.3 Å².